The Hall–Kier alpha value is -0.420. The largest absolute Gasteiger partial charge is 0.309 e. The topological polar surface area (TPSA) is 12.0 Å². The van der Waals surface area contributed by atoms with Crippen LogP contribution in [0.15, 0.2) is 34.1 Å². The molecule has 1 aromatic carbocycles. The van der Waals surface area contributed by atoms with E-state index in [4.69, 9.17) is 11.6 Å². The molecule has 2 aromatic rings. The van der Waals surface area contributed by atoms with Crippen molar-refractivity contribution in [2.75, 3.05) is 6.54 Å². The van der Waals surface area contributed by atoms with Crippen molar-refractivity contribution in [3.63, 3.8) is 0 Å². The first-order valence-electron chi connectivity index (χ1n) is 6.52. The fourth-order valence-corrected chi connectivity index (χ4v) is 3.97. The van der Waals surface area contributed by atoms with E-state index in [9.17, 15) is 4.39 Å². The second-order valence-electron chi connectivity index (χ2n) is 4.58. The molecule has 1 atom stereocenters. The molecule has 108 valence electrons. The Morgan fingerprint density at radius 3 is 2.85 bits per heavy atom. The van der Waals surface area contributed by atoms with Gasteiger partial charge in [0.15, 0.2) is 0 Å². The van der Waals surface area contributed by atoms with E-state index in [2.05, 4.69) is 28.2 Å². The molecule has 1 aromatic heterocycles. The molecule has 0 saturated heterocycles. The Kier molecular flexibility index (Phi) is 6.02. The van der Waals surface area contributed by atoms with Crippen LogP contribution in [-0.2, 0) is 6.42 Å². The summed E-state index contributed by atoms with van der Waals surface area (Å²) in [4.78, 5) is 1.22. The molecule has 1 N–H and O–H groups in total. The van der Waals surface area contributed by atoms with Gasteiger partial charge in [0.25, 0.3) is 0 Å². The molecular formula is C15H16BrClFNS. The highest BCUT2D eigenvalue weighted by Crippen LogP contribution is 2.32. The molecule has 5 heteroatoms. The second kappa shape index (κ2) is 7.55. The zero-order valence-electron chi connectivity index (χ0n) is 11.1. The second-order valence-corrected chi connectivity index (χ2v) is 6.79. The molecule has 1 heterocycles. The molecule has 0 saturated carbocycles. The Morgan fingerprint density at radius 2 is 2.20 bits per heavy atom. The third kappa shape index (κ3) is 4.04. The Balaban J connectivity index is 2.23. The van der Waals surface area contributed by atoms with E-state index in [1.165, 1.54) is 17.0 Å². The maximum absolute atomic E-state index is 13.4. The van der Waals surface area contributed by atoms with Gasteiger partial charge in [0.2, 0.25) is 0 Å². The van der Waals surface area contributed by atoms with E-state index in [0.29, 0.717) is 11.4 Å². The minimum Gasteiger partial charge on any atom is -0.309 e. The molecule has 20 heavy (non-hydrogen) atoms. The lowest BCUT2D eigenvalue weighted by molar-refractivity contribution is 0.533. The fourth-order valence-electron chi connectivity index (χ4n) is 2.05. The van der Waals surface area contributed by atoms with Crippen LogP contribution in [-0.4, -0.2) is 6.54 Å². The van der Waals surface area contributed by atoms with Crippen LogP contribution in [0.25, 0.3) is 0 Å². The van der Waals surface area contributed by atoms with Gasteiger partial charge >= 0.3 is 0 Å². The number of nitrogens with one attached hydrogen (secondary N) is 1. The third-order valence-electron chi connectivity index (χ3n) is 3.03. The minimum absolute atomic E-state index is 0.142. The molecule has 0 aliphatic rings. The SMILES string of the molecule is CCCNC(Cc1cc(F)ccc1Cl)c1sccc1Br. The lowest BCUT2D eigenvalue weighted by Crippen LogP contribution is -2.23. The van der Waals surface area contributed by atoms with Gasteiger partial charge in [0, 0.05) is 20.4 Å². The average molecular weight is 377 g/mol. The molecule has 0 fully saturated rings. The first kappa shape index (κ1) is 16.0. The lowest BCUT2D eigenvalue weighted by Gasteiger charge is -2.19. The zero-order valence-corrected chi connectivity index (χ0v) is 14.3. The van der Waals surface area contributed by atoms with Crippen molar-refractivity contribution < 1.29 is 4.39 Å². The summed E-state index contributed by atoms with van der Waals surface area (Å²) in [5.41, 5.74) is 0.834. The van der Waals surface area contributed by atoms with Crippen molar-refractivity contribution in [3.05, 3.63) is 55.4 Å². The minimum atomic E-state index is -0.246. The Labute approximate surface area is 136 Å². The molecule has 2 rings (SSSR count). The van der Waals surface area contributed by atoms with Crippen molar-refractivity contribution in [2.45, 2.75) is 25.8 Å². The van der Waals surface area contributed by atoms with Crippen LogP contribution in [0.1, 0.15) is 29.8 Å². The van der Waals surface area contributed by atoms with E-state index >= 15 is 0 Å². The number of benzene rings is 1. The summed E-state index contributed by atoms with van der Waals surface area (Å²) in [6.45, 7) is 3.05. The number of hydrogen-bond acceptors (Lipinski definition) is 2. The van der Waals surface area contributed by atoms with Crippen molar-refractivity contribution in [2.24, 2.45) is 0 Å². The van der Waals surface area contributed by atoms with Gasteiger partial charge in [-0.3, -0.25) is 0 Å². The normalized spacial score (nSPS) is 12.6. The molecule has 0 radical (unpaired) electrons. The van der Waals surface area contributed by atoms with Gasteiger partial charge in [-0.05, 0) is 70.5 Å². The molecule has 1 nitrogen and oxygen atoms in total. The summed E-state index contributed by atoms with van der Waals surface area (Å²) in [6.07, 6.45) is 1.73. The Bertz CT molecular complexity index is 573. The molecule has 1 unspecified atom stereocenters. The predicted octanol–water partition coefficient (Wildman–Crippen LogP) is 5.59. The van der Waals surface area contributed by atoms with Crippen molar-refractivity contribution in [1.29, 1.82) is 0 Å². The smallest absolute Gasteiger partial charge is 0.123 e. The number of thiophene rings is 1. The van der Waals surface area contributed by atoms with Crippen LogP contribution >= 0.6 is 38.9 Å². The van der Waals surface area contributed by atoms with Crippen LogP contribution < -0.4 is 5.32 Å². The number of rotatable bonds is 6. The fraction of sp³-hybridized carbons (Fsp3) is 0.333. The maximum Gasteiger partial charge on any atom is 0.123 e. The molecule has 0 aliphatic heterocycles. The molecule has 0 spiro atoms. The monoisotopic (exact) mass is 375 g/mol. The molecule has 0 amide bonds. The molecule has 0 aliphatic carbocycles. The summed E-state index contributed by atoms with van der Waals surface area (Å²) < 4.78 is 14.5. The highest BCUT2D eigenvalue weighted by molar-refractivity contribution is 9.10. The first-order chi connectivity index (χ1) is 9.61. The number of hydrogen-bond donors (Lipinski definition) is 1. The summed E-state index contributed by atoms with van der Waals surface area (Å²) in [6, 6.07) is 6.70. The highest BCUT2D eigenvalue weighted by atomic mass is 79.9. The standard InChI is InChI=1S/C15H16BrClFNS/c1-2-6-19-14(15-12(16)5-7-20-15)9-10-8-11(18)3-4-13(10)17/h3-5,7-8,14,19H,2,6,9H2,1H3. The predicted molar refractivity (Wildman–Crippen MR) is 88.2 cm³/mol. The number of halogens is 3. The van der Waals surface area contributed by atoms with Crippen LogP contribution in [0.3, 0.4) is 0 Å². The third-order valence-corrected chi connectivity index (χ3v) is 5.39. The quantitative estimate of drug-likeness (QED) is 0.693. The van der Waals surface area contributed by atoms with Crippen LogP contribution in [0.2, 0.25) is 5.02 Å². The van der Waals surface area contributed by atoms with Crippen LogP contribution in [0.4, 0.5) is 4.39 Å². The van der Waals surface area contributed by atoms with Gasteiger partial charge in [0.05, 0.1) is 0 Å². The van der Waals surface area contributed by atoms with E-state index in [1.54, 1.807) is 17.4 Å². The van der Waals surface area contributed by atoms with E-state index < -0.39 is 0 Å². The van der Waals surface area contributed by atoms with Gasteiger partial charge in [-0.2, -0.15) is 0 Å². The van der Waals surface area contributed by atoms with Crippen LogP contribution in [0.5, 0.6) is 0 Å². The van der Waals surface area contributed by atoms with Gasteiger partial charge in [-0.25, -0.2) is 4.39 Å². The maximum atomic E-state index is 13.4. The van der Waals surface area contributed by atoms with Crippen LogP contribution in [0, 0.1) is 5.82 Å². The van der Waals surface area contributed by atoms with Crippen molar-refractivity contribution >= 4 is 38.9 Å². The lowest BCUT2D eigenvalue weighted by atomic mass is 10.0. The van der Waals surface area contributed by atoms with E-state index in [0.717, 1.165) is 23.0 Å². The summed E-state index contributed by atoms with van der Waals surface area (Å²) >= 11 is 11.4. The van der Waals surface area contributed by atoms with Gasteiger partial charge in [-0.1, -0.05) is 18.5 Å². The van der Waals surface area contributed by atoms with Crippen molar-refractivity contribution in [1.82, 2.24) is 5.32 Å². The van der Waals surface area contributed by atoms with Gasteiger partial charge in [0.1, 0.15) is 5.82 Å². The molecule has 0 bridgehead atoms. The first-order valence-corrected chi connectivity index (χ1v) is 8.57. The van der Waals surface area contributed by atoms with Crippen molar-refractivity contribution in [3.8, 4) is 0 Å². The van der Waals surface area contributed by atoms with E-state index in [-0.39, 0.29) is 11.9 Å². The molecular weight excluding hydrogens is 361 g/mol. The van der Waals surface area contributed by atoms with Gasteiger partial charge in [-0.15, -0.1) is 11.3 Å². The van der Waals surface area contributed by atoms with E-state index in [1.807, 2.05) is 11.4 Å². The summed E-state index contributed by atoms with van der Waals surface area (Å²) in [7, 11) is 0. The average Bonchev–Trinajstić information content (AvgIpc) is 2.84. The highest BCUT2D eigenvalue weighted by Gasteiger charge is 2.17. The van der Waals surface area contributed by atoms with Gasteiger partial charge < -0.3 is 5.32 Å². The summed E-state index contributed by atoms with van der Waals surface area (Å²) in [5, 5.41) is 6.17. The summed E-state index contributed by atoms with van der Waals surface area (Å²) in [5.74, 6) is -0.246. The Morgan fingerprint density at radius 1 is 1.40 bits per heavy atom. The zero-order chi connectivity index (χ0) is 14.5.